The van der Waals surface area contributed by atoms with Gasteiger partial charge < -0.3 is 4.74 Å². The number of nitrogens with zero attached hydrogens (tertiary/aromatic N) is 1. The molecule has 0 spiro atoms. The van der Waals surface area contributed by atoms with Crippen LogP contribution in [-0.2, 0) is 14.8 Å². The monoisotopic (exact) mass is 273 g/mol. The second kappa shape index (κ2) is 4.60. The lowest BCUT2D eigenvalue weighted by molar-refractivity contribution is -0.0640. The van der Waals surface area contributed by atoms with Crippen molar-refractivity contribution in [1.29, 1.82) is 0 Å². The maximum atomic E-state index is 12.8. The van der Waals surface area contributed by atoms with Crippen molar-refractivity contribution in [3.05, 3.63) is 30.1 Å². The van der Waals surface area contributed by atoms with Gasteiger partial charge in [0, 0.05) is 13.1 Å². The number of hydrogen-bond acceptors (Lipinski definition) is 3. The van der Waals surface area contributed by atoms with Crippen LogP contribution in [0.4, 0.5) is 4.39 Å². The van der Waals surface area contributed by atoms with E-state index >= 15 is 0 Å². The first-order valence-corrected chi connectivity index (χ1v) is 7.15. The molecule has 1 aromatic carbocycles. The summed E-state index contributed by atoms with van der Waals surface area (Å²) in [5.74, 6) is -0.448. The van der Waals surface area contributed by atoms with Gasteiger partial charge in [0.15, 0.2) is 0 Å². The molecule has 0 N–H and O–H groups in total. The lowest BCUT2D eigenvalue weighted by Crippen LogP contribution is -2.50. The van der Waals surface area contributed by atoms with Crippen LogP contribution in [0.25, 0.3) is 0 Å². The van der Waals surface area contributed by atoms with E-state index in [1.807, 2.05) is 13.8 Å². The van der Waals surface area contributed by atoms with E-state index in [1.165, 1.54) is 16.4 Å². The van der Waals surface area contributed by atoms with Crippen molar-refractivity contribution in [2.75, 3.05) is 19.7 Å². The lowest BCUT2D eigenvalue weighted by atomic mass is 10.1. The Hall–Kier alpha value is -0.980. The molecule has 1 heterocycles. The van der Waals surface area contributed by atoms with Crippen LogP contribution in [0.5, 0.6) is 0 Å². The third-order valence-corrected chi connectivity index (χ3v) is 4.70. The highest BCUT2D eigenvalue weighted by Gasteiger charge is 2.34. The molecule has 1 aliphatic heterocycles. The van der Waals surface area contributed by atoms with Crippen molar-refractivity contribution >= 4 is 10.0 Å². The van der Waals surface area contributed by atoms with Crippen molar-refractivity contribution in [2.45, 2.75) is 24.3 Å². The summed E-state index contributed by atoms with van der Waals surface area (Å²) >= 11 is 0. The normalized spacial score (nSPS) is 20.8. The summed E-state index contributed by atoms with van der Waals surface area (Å²) in [6, 6.07) is 4.87. The van der Waals surface area contributed by atoms with E-state index in [2.05, 4.69) is 0 Å². The Balaban J connectivity index is 2.28. The van der Waals surface area contributed by atoms with Crippen molar-refractivity contribution in [3.63, 3.8) is 0 Å². The molecule has 18 heavy (non-hydrogen) atoms. The minimum atomic E-state index is -3.56. The first kappa shape index (κ1) is 13.5. The Kier molecular flexibility index (Phi) is 3.44. The molecule has 2 rings (SSSR count). The van der Waals surface area contributed by atoms with Crippen molar-refractivity contribution in [3.8, 4) is 0 Å². The molecule has 0 radical (unpaired) electrons. The second-order valence-corrected chi connectivity index (χ2v) is 6.84. The van der Waals surface area contributed by atoms with Gasteiger partial charge in [0.2, 0.25) is 10.0 Å². The van der Waals surface area contributed by atoms with Crippen LogP contribution in [0.2, 0.25) is 0 Å². The predicted octanol–water partition coefficient (Wildman–Crippen LogP) is 1.63. The molecule has 6 heteroatoms. The zero-order valence-corrected chi connectivity index (χ0v) is 11.2. The highest BCUT2D eigenvalue weighted by Crippen LogP contribution is 2.23. The van der Waals surface area contributed by atoms with Crippen molar-refractivity contribution in [1.82, 2.24) is 4.31 Å². The van der Waals surface area contributed by atoms with E-state index in [9.17, 15) is 12.8 Å². The minimum Gasteiger partial charge on any atom is -0.373 e. The first-order chi connectivity index (χ1) is 8.31. The summed E-state index contributed by atoms with van der Waals surface area (Å²) in [4.78, 5) is 0.113. The van der Waals surface area contributed by atoms with E-state index < -0.39 is 21.4 Å². The number of sulfonamides is 1. The van der Waals surface area contributed by atoms with E-state index in [0.29, 0.717) is 19.7 Å². The van der Waals surface area contributed by atoms with Gasteiger partial charge in [-0.15, -0.1) is 0 Å². The highest BCUT2D eigenvalue weighted by molar-refractivity contribution is 7.89. The van der Waals surface area contributed by atoms with Crippen molar-refractivity contribution < 1.29 is 17.5 Å². The molecule has 0 saturated carbocycles. The zero-order chi connectivity index (χ0) is 13.4. The number of rotatable bonds is 2. The molecule has 0 atom stereocenters. The molecule has 1 aromatic rings. The SMILES string of the molecule is CC1(C)CN(S(=O)(=O)c2ccc(F)cc2)CCO1. The Bertz CT molecular complexity index is 525. The van der Waals surface area contributed by atoms with E-state index in [1.54, 1.807) is 0 Å². The average molecular weight is 273 g/mol. The number of morpholine rings is 1. The van der Waals surface area contributed by atoms with Gasteiger partial charge in [0.25, 0.3) is 0 Å². The van der Waals surface area contributed by atoms with Gasteiger partial charge in [-0.1, -0.05) is 0 Å². The summed E-state index contributed by atoms with van der Waals surface area (Å²) in [5.41, 5.74) is -0.495. The van der Waals surface area contributed by atoms with Gasteiger partial charge >= 0.3 is 0 Å². The summed E-state index contributed by atoms with van der Waals surface area (Å²) in [6.45, 7) is 4.68. The molecule has 0 aromatic heterocycles. The fourth-order valence-corrected chi connectivity index (χ4v) is 3.51. The maximum Gasteiger partial charge on any atom is 0.243 e. The summed E-state index contributed by atoms with van der Waals surface area (Å²) in [5, 5.41) is 0. The molecule has 1 fully saturated rings. The smallest absolute Gasteiger partial charge is 0.243 e. The van der Waals surface area contributed by atoms with Crippen LogP contribution in [0.15, 0.2) is 29.2 Å². The quantitative estimate of drug-likeness (QED) is 0.822. The molecule has 1 aliphatic rings. The van der Waals surface area contributed by atoms with Gasteiger partial charge in [-0.05, 0) is 38.1 Å². The van der Waals surface area contributed by atoms with Crippen LogP contribution >= 0.6 is 0 Å². The Morgan fingerprint density at radius 3 is 2.44 bits per heavy atom. The third kappa shape index (κ3) is 2.71. The van der Waals surface area contributed by atoms with Gasteiger partial charge in [0.1, 0.15) is 5.82 Å². The topological polar surface area (TPSA) is 46.6 Å². The fraction of sp³-hybridized carbons (Fsp3) is 0.500. The number of hydrogen-bond donors (Lipinski definition) is 0. The molecular weight excluding hydrogens is 257 g/mol. The fourth-order valence-electron chi connectivity index (χ4n) is 1.93. The molecule has 1 saturated heterocycles. The van der Waals surface area contributed by atoms with Crippen LogP contribution < -0.4 is 0 Å². The standard InChI is InChI=1S/C12H16FNO3S/c1-12(2)9-14(7-8-17-12)18(15,16)11-5-3-10(13)4-6-11/h3-6H,7-9H2,1-2H3. The summed E-state index contributed by atoms with van der Waals surface area (Å²) in [7, 11) is -3.56. The van der Waals surface area contributed by atoms with Gasteiger partial charge in [-0.2, -0.15) is 4.31 Å². The molecule has 0 unspecified atom stereocenters. The predicted molar refractivity (Wildman–Crippen MR) is 65.2 cm³/mol. The zero-order valence-electron chi connectivity index (χ0n) is 10.4. The van der Waals surface area contributed by atoms with E-state index in [4.69, 9.17) is 4.74 Å². The van der Waals surface area contributed by atoms with Crippen LogP contribution in [-0.4, -0.2) is 38.0 Å². The molecule has 0 bridgehead atoms. The Labute approximate surface area is 106 Å². The Morgan fingerprint density at radius 2 is 1.89 bits per heavy atom. The average Bonchev–Trinajstić information content (AvgIpc) is 2.28. The van der Waals surface area contributed by atoms with Gasteiger partial charge in [-0.25, -0.2) is 12.8 Å². The van der Waals surface area contributed by atoms with Gasteiger partial charge in [-0.3, -0.25) is 0 Å². The second-order valence-electron chi connectivity index (χ2n) is 4.90. The van der Waals surface area contributed by atoms with E-state index in [0.717, 1.165) is 12.1 Å². The minimum absolute atomic E-state index is 0.113. The van der Waals surface area contributed by atoms with Gasteiger partial charge in [0.05, 0.1) is 17.1 Å². The number of benzene rings is 1. The Morgan fingerprint density at radius 1 is 1.28 bits per heavy atom. The lowest BCUT2D eigenvalue weighted by Gasteiger charge is -2.37. The number of ether oxygens (including phenoxy) is 1. The molecular formula is C12H16FNO3S. The molecule has 0 amide bonds. The van der Waals surface area contributed by atoms with Crippen LogP contribution in [0, 0.1) is 5.82 Å². The molecule has 100 valence electrons. The third-order valence-electron chi connectivity index (χ3n) is 2.84. The first-order valence-electron chi connectivity index (χ1n) is 5.71. The maximum absolute atomic E-state index is 12.8. The number of halogens is 1. The highest BCUT2D eigenvalue weighted by atomic mass is 32.2. The molecule has 0 aliphatic carbocycles. The van der Waals surface area contributed by atoms with Crippen LogP contribution in [0.3, 0.4) is 0 Å². The van der Waals surface area contributed by atoms with Crippen molar-refractivity contribution in [2.24, 2.45) is 0 Å². The summed E-state index contributed by atoms with van der Waals surface area (Å²) < 4.78 is 44.3. The largest absolute Gasteiger partial charge is 0.373 e. The summed E-state index contributed by atoms with van der Waals surface area (Å²) in [6.07, 6.45) is 0. The molecule has 4 nitrogen and oxygen atoms in total. The van der Waals surface area contributed by atoms with E-state index in [-0.39, 0.29) is 4.90 Å². The van der Waals surface area contributed by atoms with Crippen LogP contribution in [0.1, 0.15) is 13.8 Å².